The third-order valence-corrected chi connectivity index (χ3v) is 3.88. The van der Waals surface area contributed by atoms with Gasteiger partial charge < -0.3 is 14.5 Å². The van der Waals surface area contributed by atoms with E-state index in [0.29, 0.717) is 32.6 Å². The monoisotopic (exact) mass is 288 g/mol. The minimum absolute atomic E-state index is 0.0314. The van der Waals surface area contributed by atoms with Crippen molar-refractivity contribution >= 4 is 28.9 Å². The van der Waals surface area contributed by atoms with Crippen molar-refractivity contribution in [3.05, 3.63) is 0 Å². The van der Waals surface area contributed by atoms with Crippen LogP contribution in [0.15, 0.2) is 0 Å². The van der Waals surface area contributed by atoms with Crippen LogP contribution in [0.2, 0.25) is 0 Å². The number of esters is 1. The number of thioether (sulfide) groups is 1. The largest absolute Gasteiger partial charge is 0.469 e. The molecule has 19 heavy (non-hydrogen) atoms. The SMILES string of the molecule is CCN(CCC(=O)OC)C(=O)CCN1CCSC1=O. The molecule has 0 aliphatic carbocycles. The van der Waals surface area contributed by atoms with Gasteiger partial charge in [-0.25, -0.2) is 0 Å². The summed E-state index contributed by atoms with van der Waals surface area (Å²) in [6, 6.07) is 0. The van der Waals surface area contributed by atoms with E-state index in [-0.39, 0.29) is 23.5 Å². The van der Waals surface area contributed by atoms with Gasteiger partial charge in [0.15, 0.2) is 0 Å². The number of ether oxygens (including phenoxy) is 1. The third-order valence-electron chi connectivity index (χ3n) is 2.99. The van der Waals surface area contributed by atoms with E-state index >= 15 is 0 Å². The first-order valence-corrected chi connectivity index (χ1v) is 7.33. The zero-order valence-electron chi connectivity index (χ0n) is 11.4. The van der Waals surface area contributed by atoms with Crippen LogP contribution < -0.4 is 0 Å². The quantitative estimate of drug-likeness (QED) is 0.653. The molecule has 0 spiro atoms. The van der Waals surface area contributed by atoms with Crippen molar-refractivity contribution < 1.29 is 19.1 Å². The number of hydrogen-bond acceptors (Lipinski definition) is 5. The summed E-state index contributed by atoms with van der Waals surface area (Å²) in [5.41, 5.74) is 0. The summed E-state index contributed by atoms with van der Waals surface area (Å²) in [5, 5.41) is 0.0467. The van der Waals surface area contributed by atoms with Gasteiger partial charge in [0.05, 0.1) is 13.5 Å². The van der Waals surface area contributed by atoms with E-state index in [1.54, 1.807) is 9.80 Å². The first-order chi connectivity index (χ1) is 9.08. The normalized spacial score (nSPS) is 14.6. The Morgan fingerprint density at radius 3 is 2.68 bits per heavy atom. The van der Waals surface area contributed by atoms with Gasteiger partial charge in [0, 0.05) is 38.4 Å². The number of methoxy groups -OCH3 is 1. The minimum Gasteiger partial charge on any atom is -0.469 e. The lowest BCUT2D eigenvalue weighted by Gasteiger charge is -2.22. The Labute approximate surface area is 117 Å². The second-order valence-corrected chi connectivity index (χ2v) is 5.20. The highest BCUT2D eigenvalue weighted by atomic mass is 32.2. The van der Waals surface area contributed by atoms with Gasteiger partial charge >= 0.3 is 5.97 Å². The van der Waals surface area contributed by atoms with E-state index in [1.165, 1.54) is 18.9 Å². The molecule has 0 saturated carbocycles. The molecular formula is C12H20N2O4S. The molecule has 0 unspecified atom stereocenters. The van der Waals surface area contributed by atoms with Gasteiger partial charge in [-0.2, -0.15) is 0 Å². The van der Waals surface area contributed by atoms with Gasteiger partial charge in [0.25, 0.3) is 5.24 Å². The second kappa shape index (κ2) is 8.04. The summed E-state index contributed by atoms with van der Waals surface area (Å²) in [4.78, 5) is 37.7. The first-order valence-electron chi connectivity index (χ1n) is 6.34. The van der Waals surface area contributed by atoms with Crippen LogP contribution in [-0.4, -0.2) is 66.0 Å². The predicted molar refractivity (Wildman–Crippen MR) is 72.9 cm³/mol. The van der Waals surface area contributed by atoms with Crippen LogP contribution in [0, 0.1) is 0 Å². The van der Waals surface area contributed by atoms with E-state index in [9.17, 15) is 14.4 Å². The van der Waals surface area contributed by atoms with E-state index in [1.807, 2.05) is 6.92 Å². The molecule has 0 bridgehead atoms. The molecule has 108 valence electrons. The molecular weight excluding hydrogens is 268 g/mol. The number of carbonyl (C=O) groups is 3. The number of rotatable bonds is 7. The maximum absolute atomic E-state index is 12.0. The van der Waals surface area contributed by atoms with Crippen molar-refractivity contribution in [1.29, 1.82) is 0 Å². The molecule has 1 aliphatic rings. The predicted octanol–water partition coefficient (Wildman–Crippen LogP) is 0.957. The number of amides is 2. The highest BCUT2D eigenvalue weighted by Gasteiger charge is 2.22. The molecule has 0 N–H and O–H groups in total. The van der Waals surface area contributed by atoms with Crippen LogP contribution in [0.1, 0.15) is 19.8 Å². The van der Waals surface area contributed by atoms with Gasteiger partial charge in [-0.1, -0.05) is 11.8 Å². The summed E-state index contributed by atoms with van der Waals surface area (Å²) in [6.45, 7) is 3.96. The third kappa shape index (κ3) is 5.10. The lowest BCUT2D eigenvalue weighted by Crippen LogP contribution is -2.36. The molecule has 0 atom stereocenters. The molecule has 1 heterocycles. The van der Waals surface area contributed by atoms with E-state index in [2.05, 4.69) is 4.74 Å². The molecule has 6 nitrogen and oxygen atoms in total. The van der Waals surface area contributed by atoms with Crippen LogP contribution in [0.4, 0.5) is 4.79 Å². The summed E-state index contributed by atoms with van der Waals surface area (Å²) in [5.74, 6) is 0.445. The van der Waals surface area contributed by atoms with Crippen molar-refractivity contribution in [2.24, 2.45) is 0 Å². The minimum atomic E-state index is -0.322. The van der Waals surface area contributed by atoms with Gasteiger partial charge in [0.1, 0.15) is 0 Å². The van der Waals surface area contributed by atoms with Crippen LogP contribution in [0.3, 0.4) is 0 Å². The van der Waals surface area contributed by atoms with Crippen molar-refractivity contribution in [2.75, 3.05) is 39.0 Å². The van der Waals surface area contributed by atoms with E-state index in [0.717, 1.165) is 5.75 Å². The van der Waals surface area contributed by atoms with Crippen LogP contribution in [-0.2, 0) is 14.3 Å². The molecule has 1 saturated heterocycles. The highest BCUT2D eigenvalue weighted by molar-refractivity contribution is 8.13. The number of nitrogens with zero attached hydrogens (tertiary/aromatic N) is 2. The second-order valence-electron chi connectivity index (χ2n) is 4.15. The summed E-state index contributed by atoms with van der Waals surface area (Å²) < 4.78 is 4.55. The topological polar surface area (TPSA) is 66.9 Å². The summed E-state index contributed by atoms with van der Waals surface area (Å²) in [6.07, 6.45) is 0.510. The molecule has 2 amide bonds. The van der Waals surface area contributed by atoms with Crippen LogP contribution in [0.5, 0.6) is 0 Å². The molecule has 1 rings (SSSR count). The Morgan fingerprint density at radius 1 is 1.42 bits per heavy atom. The summed E-state index contributed by atoms with van der Waals surface area (Å²) >= 11 is 1.29. The van der Waals surface area contributed by atoms with Crippen molar-refractivity contribution in [3.63, 3.8) is 0 Å². The molecule has 0 aromatic heterocycles. The fourth-order valence-electron chi connectivity index (χ4n) is 1.81. The highest BCUT2D eigenvalue weighted by Crippen LogP contribution is 2.17. The molecule has 1 fully saturated rings. The fourth-order valence-corrected chi connectivity index (χ4v) is 2.66. The molecule has 0 radical (unpaired) electrons. The van der Waals surface area contributed by atoms with Gasteiger partial charge in [0.2, 0.25) is 5.91 Å². The zero-order valence-corrected chi connectivity index (χ0v) is 12.2. The number of hydrogen-bond donors (Lipinski definition) is 0. The zero-order chi connectivity index (χ0) is 14.3. The Balaban J connectivity index is 2.32. The fraction of sp³-hybridized carbons (Fsp3) is 0.750. The molecule has 0 aromatic rings. The van der Waals surface area contributed by atoms with Gasteiger partial charge in [-0.15, -0.1) is 0 Å². The maximum Gasteiger partial charge on any atom is 0.307 e. The standard InChI is InChI=1S/C12H20N2O4S/c1-3-13(7-5-11(16)18-2)10(15)4-6-14-8-9-19-12(14)17/h3-9H2,1-2H3. The van der Waals surface area contributed by atoms with Crippen molar-refractivity contribution in [1.82, 2.24) is 9.80 Å². The Morgan fingerprint density at radius 2 is 2.16 bits per heavy atom. The Kier molecular flexibility index (Phi) is 6.69. The average molecular weight is 288 g/mol. The summed E-state index contributed by atoms with van der Waals surface area (Å²) in [7, 11) is 1.33. The molecule has 7 heteroatoms. The van der Waals surface area contributed by atoms with Gasteiger partial charge in [-0.05, 0) is 6.92 Å². The van der Waals surface area contributed by atoms with Crippen LogP contribution in [0.25, 0.3) is 0 Å². The van der Waals surface area contributed by atoms with E-state index < -0.39 is 0 Å². The van der Waals surface area contributed by atoms with Crippen molar-refractivity contribution in [2.45, 2.75) is 19.8 Å². The number of carbonyl (C=O) groups excluding carboxylic acids is 3. The molecule has 0 aromatic carbocycles. The van der Waals surface area contributed by atoms with Crippen molar-refractivity contribution in [3.8, 4) is 0 Å². The van der Waals surface area contributed by atoms with Crippen LogP contribution >= 0.6 is 11.8 Å². The average Bonchev–Trinajstić information content (AvgIpc) is 2.82. The first kappa shape index (κ1) is 15.8. The Bertz CT molecular complexity index is 349. The smallest absolute Gasteiger partial charge is 0.307 e. The van der Waals surface area contributed by atoms with E-state index in [4.69, 9.17) is 0 Å². The lowest BCUT2D eigenvalue weighted by atomic mass is 10.3. The Hall–Kier alpha value is -1.24. The lowest BCUT2D eigenvalue weighted by molar-refractivity contribution is -0.141. The van der Waals surface area contributed by atoms with Gasteiger partial charge in [-0.3, -0.25) is 14.4 Å². The molecule has 1 aliphatic heterocycles. The maximum atomic E-state index is 12.0.